The minimum Gasteiger partial charge on any atom is -0.316 e. The van der Waals surface area contributed by atoms with E-state index in [9.17, 15) is 0 Å². The minimum absolute atomic E-state index is 0.421. The van der Waals surface area contributed by atoms with Gasteiger partial charge in [0.25, 0.3) is 0 Å². The van der Waals surface area contributed by atoms with Crippen molar-refractivity contribution in [3.8, 4) is 0 Å². The molecule has 0 spiro atoms. The van der Waals surface area contributed by atoms with E-state index in [1.54, 1.807) is 0 Å². The third-order valence-electron chi connectivity index (χ3n) is 2.97. The standard InChI is InChI=1S/C12H26N2/c1-10-6-13-7-11(10)8-14(5)9-12(2,3)4/h10-11,13H,6-9H2,1-5H3. The van der Waals surface area contributed by atoms with Crippen molar-refractivity contribution in [1.29, 1.82) is 0 Å². The van der Waals surface area contributed by atoms with E-state index in [0.717, 1.165) is 11.8 Å². The first-order valence-electron chi connectivity index (χ1n) is 5.78. The molecule has 1 saturated heterocycles. The second kappa shape index (κ2) is 4.63. The average Bonchev–Trinajstić information content (AvgIpc) is 2.32. The minimum atomic E-state index is 0.421. The summed E-state index contributed by atoms with van der Waals surface area (Å²) in [5.41, 5.74) is 0.421. The van der Waals surface area contributed by atoms with Crippen LogP contribution in [0.3, 0.4) is 0 Å². The first kappa shape index (κ1) is 12.0. The molecular formula is C12H26N2. The van der Waals surface area contributed by atoms with Gasteiger partial charge >= 0.3 is 0 Å². The van der Waals surface area contributed by atoms with E-state index in [4.69, 9.17) is 0 Å². The summed E-state index contributed by atoms with van der Waals surface area (Å²) in [6.45, 7) is 14.1. The highest BCUT2D eigenvalue weighted by Gasteiger charge is 2.25. The van der Waals surface area contributed by atoms with Crippen LogP contribution in [0.15, 0.2) is 0 Å². The van der Waals surface area contributed by atoms with Crippen LogP contribution in [-0.2, 0) is 0 Å². The van der Waals surface area contributed by atoms with Crippen molar-refractivity contribution < 1.29 is 0 Å². The zero-order valence-electron chi connectivity index (χ0n) is 10.4. The number of nitrogens with one attached hydrogen (secondary N) is 1. The molecule has 1 aliphatic heterocycles. The van der Waals surface area contributed by atoms with Crippen LogP contribution in [-0.4, -0.2) is 38.1 Å². The van der Waals surface area contributed by atoms with Crippen LogP contribution in [0.25, 0.3) is 0 Å². The lowest BCUT2D eigenvalue weighted by atomic mass is 9.94. The van der Waals surface area contributed by atoms with Crippen molar-refractivity contribution >= 4 is 0 Å². The van der Waals surface area contributed by atoms with Crippen LogP contribution in [0.4, 0.5) is 0 Å². The van der Waals surface area contributed by atoms with Gasteiger partial charge in [-0.15, -0.1) is 0 Å². The van der Waals surface area contributed by atoms with Gasteiger partial charge in [0.15, 0.2) is 0 Å². The van der Waals surface area contributed by atoms with Gasteiger partial charge in [-0.05, 0) is 37.4 Å². The molecule has 2 nitrogen and oxygen atoms in total. The van der Waals surface area contributed by atoms with Gasteiger partial charge in [-0.1, -0.05) is 27.7 Å². The zero-order chi connectivity index (χ0) is 10.8. The fourth-order valence-electron chi connectivity index (χ4n) is 2.38. The molecular weight excluding hydrogens is 172 g/mol. The highest BCUT2D eigenvalue weighted by Crippen LogP contribution is 2.19. The van der Waals surface area contributed by atoms with Crippen LogP contribution in [0, 0.1) is 17.3 Å². The average molecular weight is 198 g/mol. The molecule has 0 aromatic rings. The molecule has 1 fully saturated rings. The summed E-state index contributed by atoms with van der Waals surface area (Å²) in [4.78, 5) is 2.48. The largest absolute Gasteiger partial charge is 0.316 e. The summed E-state index contributed by atoms with van der Waals surface area (Å²) in [6.07, 6.45) is 0. The summed E-state index contributed by atoms with van der Waals surface area (Å²) in [5, 5.41) is 3.46. The summed E-state index contributed by atoms with van der Waals surface area (Å²) in [5.74, 6) is 1.69. The van der Waals surface area contributed by atoms with Crippen LogP contribution < -0.4 is 5.32 Å². The first-order valence-corrected chi connectivity index (χ1v) is 5.78. The maximum Gasteiger partial charge on any atom is 0.00271 e. The Kier molecular flexibility index (Phi) is 3.96. The van der Waals surface area contributed by atoms with Crippen LogP contribution in [0.1, 0.15) is 27.7 Å². The van der Waals surface area contributed by atoms with Crippen molar-refractivity contribution in [3.05, 3.63) is 0 Å². The smallest absolute Gasteiger partial charge is 0.00271 e. The van der Waals surface area contributed by atoms with Gasteiger partial charge < -0.3 is 10.2 Å². The van der Waals surface area contributed by atoms with Gasteiger partial charge in [0.1, 0.15) is 0 Å². The molecule has 84 valence electrons. The fourth-order valence-corrected chi connectivity index (χ4v) is 2.38. The second-order valence-corrected chi connectivity index (χ2v) is 6.15. The molecule has 0 bridgehead atoms. The summed E-state index contributed by atoms with van der Waals surface area (Å²) in [6, 6.07) is 0. The van der Waals surface area contributed by atoms with E-state index in [1.807, 2.05) is 0 Å². The van der Waals surface area contributed by atoms with Gasteiger partial charge in [-0.3, -0.25) is 0 Å². The molecule has 0 aliphatic carbocycles. The third kappa shape index (κ3) is 3.97. The van der Waals surface area contributed by atoms with Gasteiger partial charge in [0.05, 0.1) is 0 Å². The van der Waals surface area contributed by atoms with Crippen molar-refractivity contribution in [3.63, 3.8) is 0 Å². The Labute approximate surface area is 89.1 Å². The van der Waals surface area contributed by atoms with Crippen molar-refractivity contribution in [2.45, 2.75) is 27.7 Å². The highest BCUT2D eigenvalue weighted by atomic mass is 15.1. The SMILES string of the molecule is CC1CNCC1CN(C)CC(C)(C)C. The lowest BCUT2D eigenvalue weighted by Gasteiger charge is -2.29. The van der Waals surface area contributed by atoms with E-state index in [-0.39, 0.29) is 0 Å². The monoisotopic (exact) mass is 198 g/mol. The number of nitrogens with zero attached hydrogens (tertiary/aromatic N) is 1. The Morgan fingerprint density at radius 2 is 1.93 bits per heavy atom. The molecule has 0 aromatic heterocycles. The van der Waals surface area contributed by atoms with Crippen molar-refractivity contribution in [2.24, 2.45) is 17.3 Å². The third-order valence-corrected chi connectivity index (χ3v) is 2.97. The summed E-state index contributed by atoms with van der Waals surface area (Å²) < 4.78 is 0. The number of hydrogen-bond donors (Lipinski definition) is 1. The van der Waals surface area contributed by atoms with E-state index in [2.05, 4.69) is 45.0 Å². The second-order valence-electron chi connectivity index (χ2n) is 6.15. The van der Waals surface area contributed by atoms with Crippen LogP contribution in [0.5, 0.6) is 0 Å². The molecule has 0 amide bonds. The van der Waals surface area contributed by atoms with Gasteiger partial charge in [-0.25, -0.2) is 0 Å². The molecule has 2 atom stereocenters. The molecule has 1 N–H and O–H groups in total. The molecule has 1 aliphatic rings. The Hall–Kier alpha value is -0.0800. The van der Waals surface area contributed by atoms with Gasteiger partial charge in [0, 0.05) is 13.1 Å². The van der Waals surface area contributed by atoms with Crippen molar-refractivity contribution in [2.75, 3.05) is 33.2 Å². The zero-order valence-corrected chi connectivity index (χ0v) is 10.4. The molecule has 0 radical (unpaired) electrons. The highest BCUT2D eigenvalue weighted by molar-refractivity contribution is 4.80. The number of rotatable bonds is 3. The first-order chi connectivity index (χ1) is 6.38. The van der Waals surface area contributed by atoms with Gasteiger partial charge in [0.2, 0.25) is 0 Å². The summed E-state index contributed by atoms with van der Waals surface area (Å²) in [7, 11) is 2.25. The van der Waals surface area contributed by atoms with E-state index >= 15 is 0 Å². The normalized spacial score (nSPS) is 28.7. The Bertz CT molecular complexity index is 172. The van der Waals surface area contributed by atoms with E-state index in [0.29, 0.717) is 5.41 Å². The van der Waals surface area contributed by atoms with Gasteiger partial charge in [-0.2, -0.15) is 0 Å². The Morgan fingerprint density at radius 1 is 1.29 bits per heavy atom. The lowest BCUT2D eigenvalue weighted by molar-refractivity contribution is 0.191. The van der Waals surface area contributed by atoms with E-state index < -0.39 is 0 Å². The molecule has 2 unspecified atom stereocenters. The molecule has 14 heavy (non-hydrogen) atoms. The predicted octanol–water partition coefficient (Wildman–Crippen LogP) is 1.82. The molecule has 2 heteroatoms. The Balaban J connectivity index is 2.29. The molecule has 0 aromatic carbocycles. The predicted molar refractivity (Wildman–Crippen MR) is 62.5 cm³/mol. The lowest BCUT2D eigenvalue weighted by Crippen LogP contribution is -2.35. The van der Waals surface area contributed by atoms with Crippen molar-refractivity contribution in [1.82, 2.24) is 10.2 Å². The van der Waals surface area contributed by atoms with Crippen LogP contribution in [0.2, 0.25) is 0 Å². The molecule has 1 heterocycles. The molecule has 0 saturated carbocycles. The summed E-state index contributed by atoms with van der Waals surface area (Å²) >= 11 is 0. The van der Waals surface area contributed by atoms with E-state index in [1.165, 1.54) is 26.2 Å². The number of hydrogen-bond acceptors (Lipinski definition) is 2. The molecule has 1 rings (SSSR count). The maximum absolute atomic E-state index is 3.46. The van der Waals surface area contributed by atoms with Crippen LogP contribution >= 0.6 is 0 Å². The Morgan fingerprint density at radius 3 is 2.36 bits per heavy atom. The quantitative estimate of drug-likeness (QED) is 0.744. The topological polar surface area (TPSA) is 15.3 Å². The fraction of sp³-hybridized carbons (Fsp3) is 1.00. The maximum atomic E-state index is 3.46.